The summed E-state index contributed by atoms with van der Waals surface area (Å²) in [6.07, 6.45) is 0.879. The Kier molecular flexibility index (Phi) is 5.82. The molecule has 0 aliphatic carbocycles. The van der Waals surface area contributed by atoms with E-state index >= 15 is 0 Å². The summed E-state index contributed by atoms with van der Waals surface area (Å²) >= 11 is 1.33. The summed E-state index contributed by atoms with van der Waals surface area (Å²) < 4.78 is 3.50. The Morgan fingerprint density at radius 1 is 1.10 bits per heavy atom. The van der Waals surface area contributed by atoms with Crippen LogP contribution >= 0.6 is 11.8 Å². The van der Waals surface area contributed by atoms with E-state index in [-0.39, 0.29) is 16.7 Å². The molecular weight excluding hydrogens is 410 g/mol. The lowest BCUT2D eigenvalue weighted by atomic mass is 10.1. The summed E-state index contributed by atoms with van der Waals surface area (Å²) in [5, 5.41) is 12.5. The maximum Gasteiger partial charge on any atom is 0.267 e. The molecule has 4 rings (SSSR count). The molecule has 0 saturated heterocycles. The van der Waals surface area contributed by atoms with Crippen molar-refractivity contribution < 1.29 is 4.79 Å². The van der Waals surface area contributed by atoms with Crippen LogP contribution in [0.2, 0.25) is 0 Å². The van der Waals surface area contributed by atoms with Gasteiger partial charge in [-0.1, -0.05) is 49.0 Å². The first-order valence-corrected chi connectivity index (χ1v) is 11.2. The second kappa shape index (κ2) is 8.55. The highest BCUT2D eigenvalue weighted by atomic mass is 32.2. The molecule has 0 radical (unpaired) electrons. The third-order valence-electron chi connectivity index (χ3n) is 5.26. The van der Waals surface area contributed by atoms with Crippen LogP contribution in [0.4, 0.5) is 0 Å². The predicted molar refractivity (Wildman–Crippen MR) is 124 cm³/mol. The van der Waals surface area contributed by atoms with Crippen molar-refractivity contribution in [2.45, 2.75) is 44.5 Å². The molecule has 7 nitrogen and oxygen atoms in total. The summed E-state index contributed by atoms with van der Waals surface area (Å²) in [6.45, 7) is 8.46. The first-order chi connectivity index (χ1) is 14.9. The van der Waals surface area contributed by atoms with E-state index in [1.807, 2.05) is 74.6 Å². The zero-order valence-corrected chi connectivity index (χ0v) is 18.9. The van der Waals surface area contributed by atoms with Gasteiger partial charge in [-0.2, -0.15) is 0 Å². The molecular formula is C23H25N5O2S. The van der Waals surface area contributed by atoms with E-state index in [4.69, 9.17) is 0 Å². The number of carbonyl (C=O) groups excluding carboxylic acids is 1. The van der Waals surface area contributed by atoms with Gasteiger partial charge in [0.15, 0.2) is 5.16 Å². The van der Waals surface area contributed by atoms with Crippen molar-refractivity contribution in [3.63, 3.8) is 0 Å². The lowest BCUT2D eigenvalue weighted by molar-refractivity contribution is -0.120. The van der Waals surface area contributed by atoms with Crippen molar-refractivity contribution in [2.24, 2.45) is 0 Å². The minimum atomic E-state index is -0.349. The molecule has 1 amide bonds. The molecule has 2 heterocycles. The normalized spacial score (nSPS) is 12.4. The van der Waals surface area contributed by atoms with E-state index in [2.05, 4.69) is 15.5 Å². The van der Waals surface area contributed by atoms with Crippen LogP contribution in [0.15, 0.2) is 52.4 Å². The Balaban J connectivity index is 1.96. The van der Waals surface area contributed by atoms with Crippen molar-refractivity contribution >= 4 is 34.3 Å². The van der Waals surface area contributed by atoms with Crippen molar-refractivity contribution in [2.75, 3.05) is 6.54 Å². The number of para-hydroxylation sites is 2. The molecule has 1 N–H and O–H groups in total. The van der Waals surface area contributed by atoms with E-state index in [1.165, 1.54) is 11.8 Å². The smallest absolute Gasteiger partial charge is 0.267 e. The predicted octanol–water partition coefficient (Wildman–Crippen LogP) is 3.66. The number of aryl methyl sites for hydroxylation is 2. The van der Waals surface area contributed by atoms with Gasteiger partial charge in [-0.25, -0.2) is 4.57 Å². The summed E-state index contributed by atoms with van der Waals surface area (Å²) in [4.78, 5) is 25.9. The molecule has 0 aliphatic rings. The zero-order valence-electron chi connectivity index (χ0n) is 18.0. The van der Waals surface area contributed by atoms with Crippen molar-refractivity contribution in [1.82, 2.24) is 24.5 Å². The van der Waals surface area contributed by atoms with Crippen LogP contribution in [0, 0.1) is 13.8 Å². The number of thioether (sulfide) groups is 1. The Morgan fingerprint density at radius 3 is 2.52 bits per heavy atom. The van der Waals surface area contributed by atoms with Gasteiger partial charge in [-0.15, -0.1) is 10.2 Å². The maximum atomic E-state index is 13.5. The van der Waals surface area contributed by atoms with Gasteiger partial charge < -0.3 is 5.32 Å². The third-order valence-corrected chi connectivity index (χ3v) is 6.30. The molecule has 31 heavy (non-hydrogen) atoms. The van der Waals surface area contributed by atoms with E-state index < -0.39 is 0 Å². The van der Waals surface area contributed by atoms with Crippen LogP contribution < -0.4 is 10.9 Å². The van der Waals surface area contributed by atoms with Gasteiger partial charge in [0.1, 0.15) is 0 Å². The van der Waals surface area contributed by atoms with Crippen LogP contribution in [-0.4, -0.2) is 36.9 Å². The number of amides is 1. The summed E-state index contributed by atoms with van der Waals surface area (Å²) in [5.41, 5.74) is 3.34. The Morgan fingerprint density at radius 2 is 1.81 bits per heavy atom. The molecule has 0 spiro atoms. The highest BCUT2D eigenvalue weighted by Gasteiger charge is 2.22. The molecule has 8 heteroatoms. The van der Waals surface area contributed by atoms with Gasteiger partial charge >= 0.3 is 0 Å². The number of benzene rings is 2. The van der Waals surface area contributed by atoms with Gasteiger partial charge in [0.25, 0.3) is 5.56 Å². The number of nitrogens with zero attached hydrogens (tertiary/aromatic N) is 4. The van der Waals surface area contributed by atoms with E-state index in [0.717, 1.165) is 28.8 Å². The van der Waals surface area contributed by atoms with Crippen LogP contribution in [0.25, 0.3) is 22.4 Å². The largest absolute Gasteiger partial charge is 0.355 e. The highest BCUT2D eigenvalue weighted by Crippen LogP contribution is 2.27. The molecule has 160 valence electrons. The summed E-state index contributed by atoms with van der Waals surface area (Å²) in [5.74, 6) is 0.390. The highest BCUT2D eigenvalue weighted by molar-refractivity contribution is 8.00. The second-order valence-electron chi connectivity index (χ2n) is 7.57. The molecule has 0 bridgehead atoms. The van der Waals surface area contributed by atoms with Crippen LogP contribution in [-0.2, 0) is 4.79 Å². The van der Waals surface area contributed by atoms with Crippen molar-refractivity contribution in [3.05, 3.63) is 63.9 Å². The third kappa shape index (κ3) is 3.72. The summed E-state index contributed by atoms with van der Waals surface area (Å²) in [7, 11) is 0. The number of aromatic nitrogens is 4. The fourth-order valence-electron chi connectivity index (χ4n) is 3.72. The Hall–Kier alpha value is -3.13. The molecule has 0 saturated carbocycles. The molecule has 1 unspecified atom stereocenters. The number of rotatable bonds is 6. The quantitative estimate of drug-likeness (QED) is 0.468. The fourth-order valence-corrected chi connectivity index (χ4v) is 4.60. The van der Waals surface area contributed by atoms with E-state index in [1.54, 1.807) is 4.57 Å². The summed E-state index contributed by atoms with van der Waals surface area (Å²) in [6, 6.07) is 13.4. The molecule has 2 aromatic carbocycles. The molecule has 0 aliphatic heterocycles. The van der Waals surface area contributed by atoms with Crippen molar-refractivity contribution in [1.29, 1.82) is 0 Å². The van der Waals surface area contributed by atoms with E-state index in [9.17, 15) is 9.59 Å². The fraction of sp³-hybridized carbons (Fsp3) is 0.304. The first-order valence-electron chi connectivity index (χ1n) is 10.3. The van der Waals surface area contributed by atoms with Gasteiger partial charge in [0.05, 0.1) is 21.8 Å². The minimum absolute atomic E-state index is 0.0454. The van der Waals surface area contributed by atoms with Gasteiger partial charge in [0, 0.05) is 6.54 Å². The molecule has 0 fully saturated rings. The topological polar surface area (TPSA) is 81.3 Å². The number of nitrogens with one attached hydrogen (secondary N) is 1. The maximum absolute atomic E-state index is 13.5. The van der Waals surface area contributed by atoms with E-state index in [0.29, 0.717) is 22.9 Å². The second-order valence-corrected chi connectivity index (χ2v) is 8.88. The van der Waals surface area contributed by atoms with Gasteiger partial charge in [-0.05, 0) is 50.5 Å². The van der Waals surface area contributed by atoms with Gasteiger partial charge in [0.2, 0.25) is 11.7 Å². The lowest BCUT2D eigenvalue weighted by Crippen LogP contribution is -2.31. The monoisotopic (exact) mass is 435 g/mol. The molecule has 1 atom stereocenters. The molecule has 2 aromatic heterocycles. The Bertz CT molecular complexity index is 1320. The average molecular weight is 436 g/mol. The molecule has 4 aromatic rings. The number of hydrogen-bond donors (Lipinski definition) is 1. The minimum Gasteiger partial charge on any atom is -0.355 e. The number of carbonyl (C=O) groups is 1. The number of hydrogen-bond acceptors (Lipinski definition) is 5. The number of fused-ring (bicyclic) bond motifs is 3. The van der Waals surface area contributed by atoms with Crippen LogP contribution in [0.3, 0.4) is 0 Å². The van der Waals surface area contributed by atoms with Crippen LogP contribution in [0.5, 0.6) is 0 Å². The lowest BCUT2D eigenvalue weighted by Gasteiger charge is -2.16. The standard InChI is InChI=1S/C23H25N5O2S/c1-5-13-24-20(29)16(4)31-23-26-25-22-27(23)18-12-7-6-11-17(18)21(30)28(22)19-14(2)9-8-10-15(19)3/h6-12,16H,5,13H2,1-4H3,(H,24,29). The zero-order chi connectivity index (χ0) is 22.1. The first kappa shape index (κ1) is 21.1. The van der Waals surface area contributed by atoms with Crippen molar-refractivity contribution in [3.8, 4) is 5.69 Å². The Labute approximate surface area is 184 Å². The van der Waals surface area contributed by atoms with Gasteiger partial charge in [-0.3, -0.25) is 14.0 Å². The SMILES string of the molecule is CCCNC(=O)C(C)Sc1nnc2n(-c3c(C)cccc3C)c(=O)c3ccccc3n12. The average Bonchev–Trinajstić information content (AvgIpc) is 3.17. The van der Waals surface area contributed by atoms with Crippen LogP contribution in [0.1, 0.15) is 31.4 Å².